The van der Waals surface area contributed by atoms with E-state index in [1.165, 1.54) is 30.3 Å². The molecule has 3 aromatic rings. The Hall–Kier alpha value is -2.30. The summed E-state index contributed by atoms with van der Waals surface area (Å²) in [6, 6.07) is 15.0. The summed E-state index contributed by atoms with van der Waals surface area (Å²) in [7, 11) is -3.59. The summed E-state index contributed by atoms with van der Waals surface area (Å²) in [4.78, 5) is 2.27. The smallest absolute Gasteiger partial charge is 0.356 e. The largest absolute Gasteiger partial charge is 0.508 e. The zero-order valence-corrected chi connectivity index (χ0v) is 18.3. The molecule has 0 radical (unpaired) electrons. The normalized spacial score (nSPS) is 16.1. The Balaban J connectivity index is 1.51. The third-order valence-electron chi connectivity index (χ3n) is 4.54. The highest BCUT2D eigenvalue weighted by Crippen LogP contribution is 2.42. The van der Waals surface area contributed by atoms with Gasteiger partial charge in [0.25, 0.3) is 4.21 Å². The minimum Gasteiger partial charge on any atom is -0.508 e. The summed E-state index contributed by atoms with van der Waals surface area (Å²) in [5, 5.41) is 13.3. The summed E-state index contributed by atoms with van der Waals surface area (Å²) >= 11 is 7.29. The number of phenols is 1. The second-order valence-corrected chi connectivity index (χ2v) is 10.1. The van der Waals surface area contributed by atoms with E-state index in [2.05, 4.69) is 14.9 Å². The number of phenolic OH excluding ortho intramolecular Hbond substituents is 1. The first-order chi connectivity index (χ1) is 14.4. The number of nitrogens with zero attached hydrogens (tertiary/aromatic N) is 1. The number of anilines is 2. The van der Waals surface area contributed by atoms with Gasteiger partial charge in [0.15, 0.2) is 0 Å². The van der Waals surface area contributed by atoms with Crippen molar-refractivity contribution >= 4 is 44.7 Å². The monoisotopic (exact) mass is 466 g/mol. The zero-order chi connectivity index (χ0) is 21.1. The van der Waals surface area contributed by atoms with E-state index in [0.29, 0.717) is 16.5 Å². The van der Waals surface area contributed by atoms with Crippen molar-refractivity contribution in [2.45, 2.75) is 4.21 Å². The Bertz CT molecular complexity index is 1070. The van der Waals surface area contributed by atoms with Crippen LogP contribution in [-0.2, 0) is 14.6 Å². The van der Waals surface area contributed by atoms with Crippen molar-refractivity contribution in [3.05, 3.63) is 59.6 Å². The van der Waals surface area contributed by atoms with Crippen LogP contribution in [0.25, 0.3) is 0 Å². The van der Waals surface area contributed by atoms with E-state index < -0.39 is 10.4 Å². The fourth-order valence-corrected chi connectivity index (χ4v) is 5.74. The Labute approximate surface area is 184 Å². The summed E-state index contributed by atoms with van der Waals surface area (Å²) in [5.41, 5.74) is 1.46. The van der Waals surface area contributed by atoms with E-state index in [1.807, 2.05) is 24.3 Å². The molecule has 1 aliphatic heterocycles. The van der Waals surface area contributed by atoms with Gasteiger partial charge in [-0.15, -0.1) is 0 Å². The van der Waals surface area contributed by atoms with Crippen molar-refractivity contribution in [1.82, 2.24) is 5.32 Å². The molecule has 158 valence electrons. The maximum atomic E-state index is 12.8. The number of hydrogen-bond acceptors (Lipinski definition) is 6. The zero-order valence-electron chi connectivity index (χ0n) is 15.9. The molecule has 1 unspecified atom stereocenters. The molecule has 10 heteroatoms. The number of ether oxygens (including phenoxy) is 1. The summed E-state index contributed by atoms with van der Waals surface area (Å²) in [6.45, 7) is 3.71. The minimum atomic E-state index is -3.59. The van der Waals surface area contributed by atoms with E-state index in [0.717, 1.165) is 43.2 Å². The van der Waals surface area contributed by atoms with Gasteiger partial charge >= 0.3 is 10.4 Å². The Morgan fingerprint density at radius 1 is 1.13 bits per heavy atom. The number of piperazine rings is 1. The molecule has 0 amide bonds. The number of rotatable bonds is 6. The molecule has 30 heavy (non-hydrogen) atoms. The van der Waals surface area contributed by atoms with Gasteiger partial charge in [0.1, 0.15) is 16.5 Å². The summed E-state index contributed by atoms with van der Waals surface area (Å²) in [6.07, 6.45) is 0. The molecule has 0 spiro atoms. The minimum absolute atomic E-state index is 0.0721. The second kappa shape index (κ2) is 8.83. The van der Waals surface area contributed by atoms with Crippen molar-refractivity contribution in [3.63, 3.8) is 0 Å². The summed E-state index contributed by atoms with van der Waals surface area (Å²) < 4.78 is 31.9. The predicted octanol–water partition coefficient (Wildman–Crippen LogP) is 4.67. The number of nitrogens with one attached hydrogen (secondary N) is 2. The van der Waals surface area contributed by atoms with Crippen LogP contribution in [0, 0.1) is 0 Å². The molecule has 1 aliphatic rings. The molecule has 0 bridgehead atoms. The Morgan fingerprint density at radius 2 is 1.87 bits per heavy atom. The van der Waals surface area contributed by atoms with Crippen LogP contribution >= 0.6 is 22.9 Å². The van der Waals surface area contributed by atoms with Gasteiger partial charge in [0.2, 0.25) is 5.06 Å². The third kappa shape index (κ3) is 4.88. The van der Waals surface area contributed by atoms with Crippen molar-refractivity contribution in [1.29, 1.82) is 0 Å². The predicted molar refractivity (Wildman–Crippen MR) is 122 cm³/mol. The number of hydrogen-bond donors (Lipinski definition) is 4. The standard InChI is InChI=1S/C20H20ClN3O4S2/c21-18-13-19(30(26,27)23-14-4-6-16(25)7-5-14)29-20(18)28-17-3-1-2-15(12-17)24-10-8-22-9-11-24/h1-7,12-13,22H,8-11H2,(H2-,23,25,26,27)/p+1. The van der Waals surface area contributed by atoms with Gasteiger partial charge in [-0.1, -0.05) is 17.7 Å². The molecule has 4 N–H and O–H groups in total. The number of thiophene rings is 1. The maximum absolute atomic E-state index is 12.8. The van der Waals surface area contributed by atoms with Crippen LogP contribution < -0.4 is 19.7 Å². The molecule has 2 heterocycles. The van der Waals surface area contributed by atoms with E-state index in [-0.39, 0.29) is 15.0 Å². The van der Waals surface area contributed by atoms with Crippen LogP contribution in [-0.4, -0.2) is 35.8 Å². The molecule has 0 saturated carbocycles. The van der Waals surface area contributed by atoms with Crippen LogP contribution in [0.5, 0.6) is 16.6 Å². The second-order valence-electron chi connectivity index (χ2n) is 6.71. The van der Waals surface area contributed by atoms with Crippen molar-refractivity contribution in [3.8, 4) is 16.6 Å². The van der Waals surface area contributed by atoms with Gasteiger partial charge in [0.05, 0.1) is 5.69 Å². The first kappa shape index (κ1) is 21.0. The van der Waals surface area contributed by atoms with Gasteiger partial charge in [-0.2, -0.15) is 9.27 Å². The number of benzene rings is 2. The SMILES string of the molecule is O=[S+](O)(Nc1ccc(O)cc1)c1cc(Cl)c(Oc2cccc(N3CCNCC3)c2)s1. The molecule has 4 rings (SSSR count). The van der Waals surface area contributed by atoms with E-state index in [9.17, 15) is 13.9 Å². The summed E-state index contributed by atoms with van der Waals surface area (Å²) in [5.74, 6) is 0.681. The number of halogens is 1. The van der Waals surface area contributed by atoms with Crippen molar-refractivity contribution in [2.24, 2.45) is 0 Å². The molecule has 7 nitrogen and oxygen atoms in total. The molecule has 1 atom stereocenters. The van der Waals surface area contributed by atoms with Crippen molar-refractivity contribution in [2.75, 3.05) is 35.8 Å². The molecule has 1 fully saturated rings. The van der Waals surface area contributed by atoms with Gasteiger partial charge in [0, 0.05) is 44.0 Å². The van der Waals surface area contributed by atoms with Crippen LogP contribution in [0.1, 0.15) is 0 Å². The van der Waals surface area contributed by atoms with Gasteiger partial charge in [-0.05, 0) is 51.9 Å². The van der Waals surface area contributed by atoms with Gasteiger partial charge in [-0.3, -0.25) is 0 Å². The first-order valence-corrected chi connectivity index (χ1v) is 12.0. The average molecular weight is 467 g/mol. The molecule has 1 saturated heterocycles. The fraction of sp³-hybridized carbons (Fsp3) is 0.200. The average Bonchev–Trinajstić information content (AvgIpc) is 3.12. The van der Waals surface area contributed by atoms with Crippen LogP contribution in [0.15, 0.2) is 58.8 Å². The van der Waals surface area contributed by atoms with E-state index >= 15 is 0 Å². The molecule has 2 aromatic carbocycles. The fourth-order valence-electron chi connectivity index (χ4n) is 3.05. The topological polar surface area (TPSA) is 94.1 Å². The highest BCUT2D eigenvalue weighted by Gasteiger charge is 2.34. The van der Waals surface area contributed by atoms with Gasteiger partial charge < -0.3 is 20.1 Å². The first-order valence-electron chi connectivity index (χ1n) is 9.27. The lowest BCUT2D eigenvalue weighted by Gasteiger charge is -2.29. The lowest BCUT2D eigenvalue weighted by Crippen LogP contribution is -2.43. The van der Waals surface area contributed by atoms with Crippen LogP contribution in [0.3, 0.4) is 0 Å². The maximum Gasteiger partial charge on any atom is 0.356 e. The lowest BCUT2D eigenvalue weighted by atomic mass is 10.2. The molecular weight excluding hydrogens is 446 g/mol. The Kier molecular flexibility index (Phi) is 6.16. The highest BCUT2D eigenvalue weighted by atomic mass is 35.5. The quantitative estimate of drug-likeness (QED) is 0.311. The van der Waals surface area contributed by atoms with Crippen LogP contribution in [0.2, 0.25) is 5.02 Å². The lowest BCUT2D eigenvalue weighted by molar-refractivity contribution is 0.475. The van der Waals surface area contributed by atoms with E-state index in [4.69, 9.17) is 16.3 Å². The van der Waals surface area contributed by atoms with Gasteiger partial charge in [-0.25, -0.2) is 0 Å². The molecule has 1 aromatic heterocycles. The van der Waals surface area contributed by atoms with Crippen molar-refractivity contribution < 1.29 is 18.6 Å². The molecular formula is C20H21ClN3O4S2+. The Morgan fingerprint density at radius 3 is 2.60 bits per heavy atom. The van der Waals surface area contributed by atoms with E-state index in [1.54, 1.807) is 0 Å². The third-order valence-corrected chi connectivity index (χ3v) is 7.84. The highest BCUT2D eigenvalue weighted by molar-refractivity contribution is 8.00. The molecule has 0 aliphatic carbocycles. The van der Waals surface area contributed by atoms with Crippen LogP contribution in [0.4, 0.5) is 11.4 Å². The number of aromatic hydroxyl groups is 1.